The molecule has 0 N–H and O–H groups in total. The van der Waals surface area contributed by atoms with Gasteiger partial charge in [-0.05, 0) is 43.2 Å². The predicted molar refractivity (Wildman–Crippen MR) is 112 cm³/mol. The fourth-order valence-electron chi connectivity index (χ4n) is 3.66. The Hall–Kier alpha value is -2.53. The molecule has 1 fully saturated rings. The van der Waals surface area contributed by atoms with Crippen molar-refractivity contribution < 1.29 is 9.47 Å². The largest absolute Gasteiger partial charge is 0.493 e. The molecule has 0 aliphatic carbocycles. The smallest absolute Gasteiger partial charge is 0.161 e. The van der Waals surface area contributed by atoms with Crippen LogP contribution in [0.25, 0.3) is 15.9 Å². The van der Waals surface area contributed by atoms with E-state index in [1.54, 1.807) is 14.2 Å². The van der Waals surface area contributed by atoms with Crippen LogP contribution < -0.4 is 9.47 Å². The van der Waals surface area contributed by atoms with Gasteiger partial charge in [0.1, 0.15) is 0 Å². The summed E-state index contributed by atoms with van der Waals surface area (Å²) in [4.78, 5) is 7.22. The Labute approximate surface area is 164 Å². The SMILES string of the molecule is C=C(c1ccc(OC)c(OC)c1)N1CCC(c2nc3ccccc3s2)CC1. The van der Waals surface area contributed by atoms with E-state index >= 15 is 0 Å². The molecule has 2 heterocycles. The minimum absolute atomic E-state index is 0.539. The first-order valence-corrected chi connectivity index (χ1v) is 10.0. The normalized spacial score (nSPS) is 15.1. The molecule has 4 rings (SSSR count). The fraction of sp³-hybridized carbons (Fsp3) is 0.318. The summed E-state index contributed by atoms with van der Waals surface area (Å²) in [7, 11) is 3.31. The third kappa shape index (κ3) is 3.52. The highest BCUT2D eigenvalue weighted by Crippen LogP contribution is 2.36. The average Bonchev–Trinajstić information content (AvgIpc) is 3.17. The fourth-order valence-corrected chi connectivity index (χ4v) is 4.80. The van der Waals surface area contributed by atoms with E-state index in [9.17, 15) is 0 Å². The zero-order chi connectivity index (χ0) is 18.8. The highest BCUT2D eigenvalue weighted by molar-refractivity contribution is 7.18. The van der Waals surface area contributed by atoms with E-state index in [-0.39, 0.29) is 0 Å². The van der Waals surface area contributed by atoms with Crippen molar-refractivity contribution >= 4 is 27.3 Å². The van der Waals surface area contributed by atoms with Crippen LogP contribution in [-0.2, 0) is 0 Å². The number of ether oxygens (including phenoxy) is 2. The molecule has 1 aliphatic heterocycles. The molecule has 140 valence electrons. The first-order valence-electron chi connectivity index (χ1n) is 9.21. The van der Waals surface area contributed by atoms with Gasteiger partial charge in [0.05, 0.1) is 29.4 Å². The van der Waals surface area contributed by atoms with E-state index in [1.165, 1.54) is 9.71 Å². The van der Waals surface area contributed by atoms with Gasteiger partial charge in [-0.1, -0.05) is 18.7 Å². The molecule has 0 saturated carbocycles. The molecule has 5 heteroatoms. The van der Waals surface area contributed by atoms with Crippen molar-refractivity contribution in [1.82, 2.24) is 9.88 Å². The van der Waals surface area contributed by atoms with Gasteiger partial charge in [-0.25, -0.2) is 4.98 Å². The van der Waals surface area contributed by atoms with Crippen LogP contribution in [0.5, 0.6) is 11.5 Å². The molecule has 1 aromatic heterocycles. The molecular weight excluding hydrogens is 356 g/mol. The molecule has 0 bridgehead atoms. The summed E-state index contributed by atoms with van der Waals surface area (Å²) < 4.78 is 12.0. The number of rotatable bonds is 5. The van der Waals surface area contributed by atoms with Crippen molar-refractivity contribution in [2.24, 2.45) is 0 Å². The van der Waals surface area contributed by atoms with E-state index < -0.39 is 0 Å². The number of hydrogen-bond acceptors (Lipinski definition) is 5. The number of benzene rings is 2. The second kappa shape index (κ2) is 7.61. The summed E-state index contributed by atoms with van der Waals surface area (Å²) in [5.74, 6) is 2.01. The van der Waals surface area contributed by atoms with Crippen LogP contribution in [0, 0.1) is 0 Å². The Morgan fingerprint density at radius 3 is 2.52 bits per heavy atom. The Bertz CT molecular complexity index is 925. The number of likely N-dealkylation sites (tertiary alicyclic amines) is 1. The minimum atomic E-state index is 0.539. The maximum absolute atomic E-state index is 5.43. The first kappa shape index (κ1) is 17.9. The van der Waals surface area contributed by atoms with Crippen molar-refractivity contribution in [1.29, 1.82) is 0 Å². The molecule has 1 aliphatic rings. The monoisotopic (exact) mass is 380 g/mol. The van der Waals surface area contributed by atoms with Gasteiger partial charge in [-0.3, -0.25) is 0 Å². The zero-order valence-corrected chi connectivity index (χ0v) is 16.6. The number of hydrogen-bond donors (Lipinski definition) is 0. The summed E-state index contributed by atoms with van der Waals surface area (Å²) in [6.07, 6.45) is 2.21. The zero-order valence-electron chi connectivity index (χ0n) is 15.8. The molecule has 4 nitrogen and oxygen atoms in total. The van der Waals surface area contributed by atoms with Gasteiger partial charge in [-0.15, -0.1) is 11.3 Å². The summed E-state index contributed by atoms with van der Waals surface area (Å²) in [5, 5.41) is 1.27. The van der Waals surface area contributed by atoms with Crippen molar-refractivity contribution in [2.45, 2.75) is 18.8 Å². The van der Waals surface area contributed by atoms with Gasteiger partial charge in [-0.2, -0.15) is 0 Å². The lowest BCUT2D eigenvalue weighted by molar-refractivity contribution is 0.299. The lowest BCUT2D eigenvalue weighted by Crippen LogP contribution is -2.31. The summed E-state index contributed by atoms with van der Waals surface area (Å²) in [6.45, 7) is 6.32. The Morgan fingerprint density at radius 2 is 1.81 bits per heavy atom. The molecule has 27 heavy (non-hydrogen) atoms. The molecule has 0 unspecified atom stereocenters. The lowest BCUT2D eigenvalue weighted by Gasteiger charge is -2.34. The molecule has 1 saturated heterocycles. The Kier molecular flexibility index (Phi) is 5.03. The van der Waals surface area contributed by atoms with Gasteiger partial charge in [0.15, 0.2) is 11.5 Å². The van der Waals surface area contributed by atoms with Crippen LogP contribution in [0.1, 0.15) is 29.3 Å². The number of aromatic nitrogens is 1. The van der Waals surface area contributed by atoms with E-state index in [0.29, 0.717) is 5.92 Å². The van der Waals surface area contributed by atoms with Gasteiger partial charge in [0.25, 0.3) is 0 Å². The topological polar surface area (TPSA) is 34.6 Å². The number of piperidine rings is 1. The van der Waals surface area contributed by atoms with Gasteiger partial charge >= 0.3 is 0 Å². The number of thiazole rings is 1. The summed E-state index contributed by atoms with van der Waals surface area (Å²) in [6, 6.07) is 14.4. The van der Waals surface area contributed by atoms with E-state index in [0.717, 1.165) is 54.2 Å². The number of para-hydroxylation sites is 1. The van der Waals surface area contributed by atoms with E-state index in [4.69, 9.17) is 14.5 Å². The quantitative estimate of drug-likeness (QED) is 0.612. The molecule has 2 aromatic carbocycles. The molecule has 0 atom stereocenters. The standard InChI is InChI=1S/C22H24N2O2S/c1-15(17-8-9-19(25-2)20(14-17)26-3)24-12-10-16(11-13-24)22-23-18-6-4-5-7-21(18)27-22/h4-9,14,16H,1,10-13H2,2-3H3. The Morgan fingerprint density at radius 1 is 1.07 bits per heavy atom. The number of nitrogens with zero attached hydrogens (tertiary/aromatic N) is 2. The highest BCUT2D eigenvalue weighted by atomic mass is 32.1. The van der Waals surface area contributed by atoms with Crippen LogP contribution in [0.2, 0.25) is 0 Å². The van der Waals surface area contributed by atoms with Gasteiger partial charge in [0, 0.05) is 30.3 Å². The van der Waals surface area contributed by atoms with Crippen molar-refractivity contribution in [2.75, 3.05) is 27.3 Å². The van der Waals surface area contributed by atoms with Crippen molar-refractivity contribution in [3.05, 3.63) is 59.6 Å². The van der Waals surface area contributed by atoms with Crippen LogP contribution >= 0.6 is 11.3 Å². The van der Waals surface area contributed by atoms with Crippen molar-refractivity contribution in [3.63, 3.8) is 0 Å². The molecular formula is C22H24N2O2S. The van der Waals surface area contributed by atoms with Crippen LogP contribution in [0.15, 0.2) is 49.0 Å². The first-order chi connectivity index (χ1) is 13.2. The van der Waals surface area contributed by atoms with Crippen molar-refractivity contribution in [3.8, 4) is 11.5 Å². The third-order valence-corrected chi connectivity index (χ3v) is 6.45. The lowest BCUT2D eigenvalue weighted by atomic mass is 9.96. The summed E-state index contributed by atoms with van der Waals surface area (Å²) >= 11 is 1.84. The minimum Gasteiger partial charge on any atom is -0.493 e. The highest BCUT2D eigenvalue weighted by Gasteiger charge is 2.24. The number of methoxy groups -OCH3 is 2. The van der Waals surface area contributed by atoms with E-state index in [2.05, 4.69) is 35.7 Å². The van der Waals surface area contributed by atoms with Crippen LogP contribution in [-0.4, -0.2) is 37.2 Å². The second-order valence-corrected chi connectivity index (χ2v) is 7.86. The molecule has 0 radical (unpaired) electrons. The second-order valence-electron chi connectivity index (χ2n) is 6.80. The third-order valence-electron chi connectivity index (χ3n) is 5.25. The molecule has 0 amide bonds. The Balaban J connectivity index is 1.45. The van der Waals surface area contributed by atoms with Crippen LogP contribution in [0.3, 0.4) is 0 Å². The molecule has 0 spiro atoms. The van der Waals surface area contributed by atoms with Crippen LogP contribution in [0.4, 0.5) is 0 Å². The maximum Gasteiger partial charge on any atom is 0.161 e. The van der Waals surface area contributed by atoms with E-state index in [1.807, 2.05) is 29.5 Å². The molecule has 3 aromatic rings. The van der Waals surface area contributed by atoms with Gasteiger partial charge < -0.3 is 14.4 Å². The predicted octanol–water partition coefficient (Wildman–Crippen LogP) is 5.16. The maximum atomic E-state index is 5.43. The number of fused-ring (bicyclic) bond motifs is 1. The average molecular weight is 381 g/mol. The summed E-state index contributed by atoms with van der Waals surface area (Å²) in [5.41, 5.74) is 3.24. The van der Waals surface area contributed by atoms with Gasteiger partial charge in [0.2, 0.25) is 0 Å².